The maximum absolute atomic E-state index is 2.48. The lowest BCUT2D eigenvalue weighted by Gasteiger charge is -2.31. The highest BCUT2D eigenvalue weighted by Crippen LogP contribution is 2.35. The van der Waals surface area contributed by atoms with E-state index < -0.39 is 0 Å². The Balaban J connectivity index is -0.000000205. The van der Waals surface area contributed by atoms with Gasteiger partial charge in [-0.25, -0.2) is 0 Å². The quantitative estimate of drug-likeness (QED) is 0.0445. The zero-order valence-electron chi connectivity index (χ0n) is 50.6. The first-order chi connectivity index (χ1) is 30.1. The van der Waals surface area contributed by atoms with Crippen molar-refractivity contribution in [1.82, 2.24) is 0 Å². The molecule has 0 aliphatic carbocycles. The normalized spacial score (nSPS) is 12.8. The van der Waals surface area contributed by atoms with Crippen LogP contribution in [0.25, 0.3) is 0 Å². The van der Waals surface area contributed by atoms with E-state index in [9.17, 15) is 0 Å². The van der Waals surface area contributed by atoms with Crippen LogP contribution in [0.2, 0.25) is 0 Å². The van der Waals surface area contributed by atoms with E-state index in [1.807, 2.05) is 0 Å². The molecule has 67 heavy (non-hydrogen) atoms. The topological polar surface area (TPSA) is 0 Å². The van der Waals surface area contributed by atoms with Crippen LogP contribution in [0.1, 0.15) is 373 Å². The van der Waals surface area contributed by atoms with E-state index in [1.165, 1.54) is 211 Å². The van der Waals surface area contributed by atoms with E-state index >= 15 is 0 Å². The van der Waals surface area contributed by atoms with Crippen LogP contribution in [-0.2, 0) is 0 Å². The first-order valence-electron chi connectivity index (χ1n) is 29.7. The minimum atomic E-state index is 0. The Kier molecular flexibility index (Phi) is 57.6. The molecule has 0 heteroatoms. The molecule has 0 bridgehead atoms. The molecule has 0 aliphatic rings. The number of allylic oxidation sites excluding steroid dienone is 2. The van der Waals surface area contributed by atoms with Gasteiger partial charge in [-0.1, -0.05) is 325 Å². The molecule has 0 nitrogen and oxygen atoms in total. The minimum absolute atomic E-state index is 0. The highest BCUT2D eigenvalue weighted by atomic mass is 14.3. The summed E-state index contributed by atoms with van der Waals surface area (Å²) in [6.45, 7) is 51.2. The van der Waals surface area contributed by atoms with Gasteiger partial charge in [0.05, 0.1) is 0 Å². The second-order valence-electron chi connectivity index (χ2n) is 27.8. The van der Waals surface area contributed by atoms with Gasteiger partial charge in [0.25, 0.3) is 0 Å². The lowest BCUT2D eigenvalue weighted by molar-refractivity contribution is 0.201. The predicted molar refractivity (Wildman–Crippen MR) is 321 cm³/mol. The van der Waals surface area contributed by atoms with E-state index in [4.69, 9.17) is 0 Å². The monoisotopic (exact) mass is 949 g/mol. The average Bonchev–Trinajstić information content (AvgIpc) is 3.15. The van der Waals surface area contributed by atoms with E-state index in [1.54, 1.807) is 0 Å². The van der Waals surface area contributed by atoms with Crippen molar-refractivity contribution >= 4 is 0 Å². The summed E-state index contributed by atoms with van der Waals surface area (Å²) in [6, 6.07) is 0. The molecule has 0 fully saturated rings. The van der Waals surface area contributed by atoms with Crippen LogP contribution in [0, 0.1) is 51.2 Å². The highest BCUT2D eigenvalue weighted by molar-refractivity contribution is 4.92. The summed E-state index contributed by atoms with van der Waals surface area (Å²) in [4.78, 5) is 0. The van der Waals surface area contributed by atoms with Crippen LogP contribution in [0.5, 0.6) is 0 Å². The van der Waals surface area contributed by atoms with Crippen LogP contribution in [0.15, 0.2) is 11.6 Å². The van der Waals surface area contributed by atoms with Crippen LogP contribution in [0.4, 0.5) is 0 Å². The van der Waals surface area contributed by atoms with Crippen molar-refractivity contribution in [3.05, 3.63) is 11.6 Å². The molecule has 0 spiro atoms. The second-order valence-corrected chi connectivity index (χ2v) is 27.8. The Morgan fingerprint density at radius 2 is 0.687 bits per heavy atom. The molecular formula is C67H144. The van der Waals surface area contributed by atoms with Gasteiger partial charge in [0.2, 0.25) is 0 Å². The number of hydrogen-bond donors (Lipinski definition) is 0. The Morgan fingerprint density at radius 1 is 0.358 bits per heavy atom. The SMILES string of the molecule is C.C.CC(C)=CCCC(C)CCC(C)(C)C.CC(C)CC(C)(C)C.CC(C)CCCC(C)CCC(C)(C)C.CCCCCCCCCCCCC(CCCCCCCCCCCC)C(C)(C)C. The zero-order chi connectivity index (χ0) is 50.8. The molecule has 412 valence electrons. The lowest BCUT2D eigenvalue weighted by atomic mass is 9.75. The van der Waals surface area contributed by atoms with Gasteiger partial charge in [0.1, 0.15) is 0 Å². The third-order valence-electron chi connectivity index (χ3n) is 13.5. The Labute approximate surface area is 433 Å². The molecule has 0 aliphatic heterocycles. The van der Waals surface area contributed by atoms with E-state index in [0.717, 1.165) is 29.6 Å². The Bertz CT molecular complexity index is 920. The fourth-order valence-electron chi connectivity index (χ4n) is 9.17. The lowest BCUT2D eigenvalue weighted by Crippen LogP contribution is -2.20. The summed E-state index contributed by atoms with van der Waals surface area (Å²) < 4.78 is 0. The number of rotatable bonds is 34. The van der Waals surface area contributed by atoms with Crippen molar-refractivity contribution in [1.29, 1.82) is 0 Å². The third kappa shape index (κ3) is 77.4. The molecule has 2 unspecified atom stereocenters. The summed E-state index contributed by atoms with van der Waals surface area (Å²) >= 11 is 0. The van der Waals surface area contributed by atoms with Crippen LogP contribution in [0.3, 0.4) is 0 Å². The van der Waals surface area contributed by atoms with Crippen LogP contribution < -0.4 is 0 Å². The Hall–Kier alpha value is -0.260. The average molecular weight is 950 g/mol. The fourth-order valence-corrected chi connectivity index (χ4v) is 9.17. The van der Waals surface area contributed by atoms with Crippen molar-refractivity contribution in [2.75, 3.05) is 0 Å². The molecule has 0 aromatic heterocycles. The molecule has 2 atom stereocenters. The Morgan fingerprint density at radius 3 is 0.940 bits per heavy atom. The van der Waals surface area contributed by atoms with Crippen LogP contribution in [-0.4, -0.2) is 0 Å². The summed E-state index contributed by atoms with van der Waals surface area (Å²) in [5.41, 5.74) is 3.50. The second kappa shape index (κ2) is 49.3. The fraction of sp³-hybridized carbons (Fsp3) is 0.970. The standard InChI is InChI=1S/C29H60.C14H30.C14H28.C8H18.2CH4/c1-6-8-10-12-14-16-18-20-22-24-26-28(29(3,4)5)27-25-23-21-19-17-15-13-11-9-7-2;2*1-12(2)8-7-9-13(3)10-11-14(4,5)6;1-7(2)6-8(3,4)5;;/h28H,6-27H2,1-5H3;12-13H,7-11H2,1-6H3;8,13H,7,9-11H2,1-6H3;7H,6H2,1-5H3;2*1H4. The van der Waals surface area contributed by atoms with Gasteiger partial charge in [0, 0.05) is 0 Å². The molecule has 0 rings (SSSR count). The van der Waals surface area contributed by atoms with Gasteiger partial charge in [-0.05, 0) is 110 Å². The van der Waals surface area contributed by atoms with Gasteiger partial charge in [-0.2, -0.15) is 0 Å². The predicted octanol–water partition coefficient (Wildman–Crippen LogP) is 26.1. The van der Waals surface area contributed by atoms with Crippen molar-refractivity contribution in [3.8, 4) is 0 Å². The van der Waals surface area contributed by atoms with E-state index in [2.05, 4.69) is 158 Å². The van der Waals surface area contributed by atoms with Crippen molar-refractivity contribution < 1.29 is 0 Å². The minimum Gasteiger partial charge on any atom is -0.0859 e. The molecule has 0 amide bonds. The molecule has 0 heterocycles. The smallest absolute Gasteiger partial charge is 0.0346 e. The number of hydrogen-bond acceptors (Lipinski definition) is 0. The first kappa shape index (κ1) is 78.2. The maximum atomic E-state index is 2.48. The molecule has 0 saturated heterocycles. The maximum Gasteiger partial charge on any atom is -0.0346 e. The molecule has 0 radical (unpaired) electrons. The van der Waals surface area contributed by atoms with Crippen LogP contribution >= 0.6 is 0 Å². The summed E-state index contributed by atoms with van der Waals surface area (Å²) in [6.07, 6.45) is 48.1. The zero-order valence-corrected chi connectivity index (χ0v) is 50.6. The van der Waals surface area contributed by atoms with Gasteiger partial charge in [-0.3, -0.25) is 0 Å². The third-order valence-corrected chi connectivity index (χ3v) is 13.5. The highest BCUT2D eigenvalue weighted by Gasteiger charge is 2.23. The van der Waals surface area contributed by atoms with E-state index in [-0.39, 0.29) is 14.9 Å². The van der Waals surface area contributed by atoms with Gasteiger partial charge in [-0.15, -0.1) is 0 Å². The van der Waals surface area contributed by atoms with Gasteiger partial charge >= 0.3 is 0 Å². The summed E-state index contributed by atoms with van der Waals surface area (Å²) in [5.74, 6) is 4.46. The summed E-state index contributed by atoms with van der Waals surface area (Å²) in [5, 5.41) is 0. The molecule has 0 N–H and O–H groups in total. The molecule has 0 saturated carbocycles. The van der Waals surface area contributed by atoms with E-state index in [0.29, 0.717) is 21.7 Å². The number of unbranched alkanes of at least 4 members (excludes halogenated alkanes) is 18. The van der Waals surface area contributed by atoms with Crippen molar-refractivity contribution in [3.63, 3.8) is 0 Å². The first-order valence-corrected chi connectivity index (χ1v) is 29.7. The van der Waals surface area contributed by atoms with Crippen molar-refractivity contribution in [2.45, 2.75) is 373 Å². The largest absolute Gasteiger partial charge is 0.0859 e. The van der Waals surface area contributed by atoms with Gasteiger partial charge in [0.15, 0.2) is 0 Å². The molecule has 0 aromatic carbocycles. The molecular weight excluding hydrogens is 805 g/mol. The summed E-state index contributed by atoms with van der Waals surface area (Å²) in [7, 11) is 0. The van der Waals surface area contributed by atoms with Gasteiger partial charge < -0.3 is 0 Å². The van der Waals surface area contributed by atoms with Crippen molar-refractivity contribution in [2.24, 2.45) is 51.2 Å². The molecule has 0 aromatic rings.